The second-order valence-electron chi connectivity index (χ2n) is 6.76. The third-order valence-electron chi connectivity index (χ3n) is 4.79. The summed E-state index contributed by atoms with van der Waals surface area (Å²) in [6.07, 6.45) is 1.95. The zero-order chi connectivity index (χ0) is 18.4. The van der Waals surface area contributed by atoms with Crippen molar-refractivity contribution in [3.05, 3.63) is 71.8 Å². The molecule has 0 heterocycles. The molecule has 0 unspecified atom stereocenters. The van der Waals surface area contributed by atoms with Crippen molar-refractivity contribution in [2.75, 3.05) is 6.61 Å². The first-order valence-electron chi connectivity index (χ1n) is 8.82. The molecule has 0 radical (unpaired) electrons. The van der Waals surface area contributed by atoms with Crippen LogP contribution in [0.2, 0.25) is 0 Å². The number of carbonyl (C=O) groups excluding carboxylic acids is 1. The Hall–Kier alpha value is -2.66. The lowest BCUT2D eigenvalue weighted by Gasteiger charge is -2.41. The molecule has 2 N–H and O–H groups in total. The van der Waals surface area contributed by atoms with E-state index in [0.29, 0.717) is 12.8 Å². The van der Waals surface area contributed by atoms with Crippen molar-refractivity contribution in [2.45, 2.75) is 37.3 Å². The molecule has 2 aromatic carbocycles. The minimum absolute atomic E-state index is 0.0421. The standard InChI is InChI=1S/C21H23NO4/c23-18(22-21(12-7-13-21)14-19(24)25)15-26-20(16-8-3-1-4-9-16)17-10-5-2-6-11-17/h1-6,8-11,20H,7,12-15H2,(H,22,23)(H,24,25). The summed E-state index contributed by atoms with van der Waals surface area (Å²) in [4.78, 5) is 23.4. The smallest absolute Gasteiger partial charge is 0.305 e. The van der Waals surface area contributed by atoms with E-state index in [2.05, 4.69) is 5.32 Å². The Morgan fingerprint density at radius 1 is 1.00 bits per heavy atom. The molecule has 1 aliphatic carbocycles. The van der Waals surface area contributed by atoms with Crippen molar-refractivity contribution in [3.63, 3.8) is 0 Å². The van der Waals surface area contributed by atoms with Gasteiger partial charge in [-0.15, -0.1) is 0 Å². The van der Waals surface area contributed by atoms with Crippen LogP contribution < -0.4 is 5.32 Å². The van der Waals surface area contributed by atoms with Gasteiger partial charge in [-0.1, -0.05) is 60.7 Å². The van der Waals surface area contributed by atoms with Crippen LogP contribution in [0.5, 0.6) is 0 Å². The van der Waals surface area contributed by atoms with Gasteiger partial charge in [0.05, 0.1) is 12.0 Å². The molecule has 0 saturated heterocycles. The Morgan fingerprint density at radius 3 is 1.96 bits per heavy atom. The van der Waals surface area contributed by atoms with Crippen molar-refractivity contribution in [1.82, 2.24) is 5.32 Å². The number of ether oxygens (including phenoxy) is 1. The molecule has 0 spiro atoms. The predicted octanol–water partition coefficient (Wildman–Crippen LogP) is 3.31. The molecule has 2 aromatic rings. The van der Waals surface area contributed by atoms with Crippen LogP contribution in [0.15, 0.2) is 60.7 Å². The average Bonchev–Trinajstić information content (AvgIpc) is 2.61. The van der Waals surface area contributed by atoms with Gasteiger partial charge in [-0.25, -0.2) is 0 Å². The summed E-state index contributed by atoms with van der Waals surface area (Å²) >= 11 is 0. The highest BCUT2D eigenvalue weighted by atomic mass is 16.5. The molecule has 1 amide bonds. The summed E-state index contributed by atoms with van der Waals surface area (Å²) in [6.45, 7) is -0.115. The molecule has 26 heavy (non-hydrogen) atoms. The molecule has 1 fully saturated rings. The molecule has 0 bridgehead atoms. The number of carboxylic acid groups (broad SMARTS) is 1. The summed E-state index contributed by atoms with van der Waals surface area (Å²) in [7, 11) is 0. The van der Waals surface area contributed by atoms with Crippen LogP contribution in [0.1, 0.15) is 42.9 Å². The average molecular weight is 353 g/mol. The van der Waals surface area contributed by atoms with Crippen LogP contribution in [0.3, 0.4) is 0 Å². The van der Waals surface area contributed by atoms with E-state index in [-0.39, 0.29) is 25.0 Å². The Bertz CT molecular complexity index is 702. The van der Waals surface area contributed by atoms with Gasteiger partial charge in [-0.3, -0.25) is 9.59 Å². The van der Waals surface area contributed by atoms with Gasteiger partial charge in [0.25, 0.3) is 0 Å². The van der Waals surface area contributed by atoms with Crippen LogP contribution >= 0.6 is 0 Å². The van der Waals surface area contributed by atoms with E-state index in [1.54, 1.807) is 0 Å². The maximum atomic E-state index is 12.4. The maximum absolute atomic E-state index is 12.4. The molecule has 0 aromatic heterocycles. The molecular weight excluding hydrogens is 330 g/mol. The Kier molecular flexibility index (Phi) is 5.68. The second-order valence-corrected chi connectivity index (χ2v) is 6.76. The topological polar surface area (TPSA) is 75.6 Å². The van der Waals surface area contributed by atoms with Gasteiger partial charge in [0.1, 0.15) is 12.7 Å². The first-order chi connectivity index (χ1) is 12.6. The van der Waals surface area contributed by atoms with Crippen molar-refractivity contribution in [1.29, 1.82) is 0 Å². The molecule has 0 aliphatic heterocycles. The maximum Gasteiger partial charge on any atom is 0.305 e. The van der Waals surface area contributed by atoms with Crippen LogP contribution in [-0.2, 0) is 14.3 Å². The first kappa shape index (κ1) is 18.1. The van der Waals surface area contributed by atoms with Crippen LogP contribution in [-0.4, -0.2) is 29.1 Å². The van der Waals surface area contributed by atoms with E-state index >= 15 is 0 Å². The van der Waals surface area contributed by atoms with Crippen LogP contribution in [0.25, 0.3) is 0 Å². The van der Waals surface area contributed by atoms with Crippen LogP contribution in [0.4, 0.5) is 0 Å². The fraction of sp³-hybridized carbons (Fsp3) is 0.333. The molecule has 136 valence electrons. The molecule has 1 aliphatic rings. The molecule has 5 nitrogen and oxygen atoms in total. The second kappa shape index (κ2) is 8.15. The van der Waals surface area contributed by atoms with Gasteiger partial charge in [0.15, 0.2) is 0 Å². The van der Waals surface area contributed by atoms with Crippen molar-refractivity contribution in [2.24, 2.45) is 0 Å². The third-order valence-corrected chi connectivity index (χ3v) is 4.79. The summed E-state index contributed by atoms with van der Waals surface area (Å²) < 4.78 is 5.94. The highest BCUT2D eigenvalue weighted by Crippen LogP contribution is 2.35. The molecule has 1 saturated carbocycles. The highest BCUT2D eigenvalue weighted by molar-refractivity contribution is 5.79. The molecular formula is C21H23NO4. The van der Waals surface area contributed by atoms with Crippen molar-refractivity contribution < 1.29 is 19.4 Å². The normalized spacial score (nSPS) is 15.3. The Balaban J connectivity index is 1.66. The van der Waals surface area contributed by atoms with E-state index in [1.165, 1.54) is 0 Å². The Labute approximate surface area is 153 Å². The fourth-order valence-electron chi connectivity index (χ4n) is 3.37. The number of hydrogen-bond donors (Lipinski definition) is 2. The fourth-order valence-corrected chi connectivity index (χ4v) is 3.37. The monoisotopic (exact) mass is 353 g/mol. The number of rotatable bonds is 8. The number of nitrogens with one attached hydrogen (secondary N) is 1. The van der Waals surface area contributed by atoms with E-state index in [4.69, 9.17) is 9.84 Å². The van der Waals surface area contributed by atoms with E-state index < -0.39 is 11.5 Å². The quantitative estimate of drug-likeness (QED) is 0.763. The van der Waals surface area contributed by atoms with Crippen molar-refractivity contribution >= 4 is 11.9 Å². The molecule has 5 heteroatoms. The predicted molar refractivity (Wildman–Crippen MR) is 97.7 cm³/mol. The summed E-state index contributed by atoms with van der Waals surface area (Å²) in [5.74, 6) is -1.17. The van der Waals surface area contributed by atoms with Crippen LogP contribution in [0, 0.1) is 0 Å². The lowest BCUT2D eigenvalue weighted by molar-refractivity contribution is -0.141. The number of benzene rings is 2. The van der Waals surface area contributed by atoms with Gasteiger partial charge in [-0.2, -0.15) is 0 Å². The minimum atomic E-state index is -0.891. The lowest BCUT2D eigenvalue weighted by atomic mass is 9.74. The van der Waals surface area contributed by atoms with Gasteiger partial charge >= 0.3 is 5.97 Å². The number of amides is 1. The van der Waals surface area contributed by atoms with Gasteiger partial charge in [0.2, 0.25) is 5.91 Å². The zero-order valence-electron chi connectivity index (χ0n) is 14.6. The van der Waals surface area contributed by atoms with E-state index in [9.17, 15) is 9.59 Å². The molecule has 3 rings (SSSR count). The number of hydrogen-bond acceptors (Lipinski definition) is 3. The van der Waals surface area contributed by atoms with Crippen molar-refractivity contribution in [3.8, 4) is 0 Å². The Morgan fingerprint density at radius 2 is 1.54 bits per heavy atom. The number of aliphatic carboxylic acids is 1. The largest absolute Gasteiger partial charge is 0.481 e. The van der Waals surface area contributed by atoms with E-state index in [0.717, 1.165) is 17.5 Å². The highest BCUT2D eigenvalue weighted by Gasteiger charge is 2.40. The SMILES string of the molecule is O=C(O)CC1(NC(=O)COC(c2ccccc2)c2ccccc2)CCC1. The van der Waals surface area contributed by atoms with Gasteiger partial charge in [0, 0.05) is 0 Å². The molecule has 0 atom stereocenters. The van der Waals surface area contributed by atoms with Gasteiger partial charge in [-0.05, 0) is 30.4 Å². The van der Waals surface area contributed by atoms with E-state index in [1.807, 2.05) is 60.7 Å². The lowest BCUT2D eigenvalue weighted by Crippen LogP contribution is -2.55. The summed E-state index contributed by atoms with van der Waals surface area (Å²) in [5, 5.41) is 11.9. The number of carbonyl (C=O) groups is 2. The number of carboxylic acids is 1. The van der Waals surface area contributed by atoms with Gasteiger partial charge < -0.3 is 15.2 Å². The summed E-state index contributed by atoms with van der Waals surface area (Å²) in [5.41, 5.74) is 1.33. The minimum Gasteiger partial charge on any atom is -0.481 e. The zero-order valence-corrected chi connectivity index (χ0v) is 14.6. The third kappa shape index (κ3) is 4.49. The first-order valence-corrected chi connectivity index (χ1v) is 8.82. The summed E-state index contributed by atoms with van der Waals surface area (Å²) in [6, 6.07) is 19.5.